The van der Waals surface area contributed by atoms with Crippen LogP contribution in [0.4, 0.5) is 28.9 Å². The van der Waals surface area contributed by atoms with Crippen molar-refractivity contribution in [1.29, 1.82) is 0 Å². The van der Waals surface area contributed by atoms with Crippen LogP contribution in [0.3, 0.4) is 0 Å². The molecule has 0 bridgehead atoms. The van der Waals surface area contributed by atoms with Crippen molar-refractivity contribution in [3.05, 3.63) is 48.3 Å². The lowest BCUT2D eigenvalue weighted by Gasteiger charge is -2.38. The second-order valence-corrected chi connectivity index (χ2v) is 9.84. The Balaban J connectivity index is 1.40. The Kier molecular flexibility index (Phi) is 9.35. The van der Waals surface area contributed by atoms with E-state index in [1.807, 2.05) is 34.1 Å². The fourth-order valence-electron chi connectivity index (χ4n) is 5.25. The molecule has 1 aliphatic heterocycles. The van der Waals surface area contributed by atoms with E-state index < -0.39 is 18.6 Å². The van der Waals surface area contributed by atoms with Crippen molar-refractivity contribution in [1.82, 2.24) is 4.90 Å². The number of methoxy groups -OCH3 is 1. The summed E-state index contributed by atoms with van der Waals surface area (Å²) in [6.45, 7) is 2.05. The van der Waals surface area contributed by atoms with E-state index in [1.54, 1.807) is 7.11 Å². The number of piperazine rings is 1. The van der Waals surface area contributed by atoms with Crippen LogP contribution < -0.4 is 19.3 Å². The van der Waals surface area contributed by atoms with Crippen LogP contribution in [0.1, 0.15) is 32.1 Å². The smallest absolute Gasteiger partial charge is 0.422 e. The molecule has 38 heavy (non-hydrogen) atoms. The molecule has 208 valence electrons. The van der Waals surface area contributed by atoms with Crippen LogP contribution in [0.5, 0.6) is 11.5 Å². The number of carbonyl (C=O) groups excluding carboxylic acids is 1. The Hall–Kier alpha value is -3.01. The minimum absolute atomic E-state index is 0.0131. The van der Waals surface area contributed by atoms with Crippen LogP contribution in [0, 0.1) is 11.7 Å². The topological polar surface area (TPSA) is 45.2 Å². The zero-order valence-corrected chi connectivity index (χ0v) is 21.7. The lowest BCUT2D eigenvalue weighted by atomic mass is 9.88. The summed E-state index contributed by atoms with van der Waals surface area (Å²) < 4.78 is 62.3. The summed E-state index contributed by atoms with van der Waals surface area (Å²) in [7, 11) is 1.60. The van der Waals surface area contributed by atoms with Gasteiger partial charge in [0.15, 0.2) is 6.61 Å². The van der Waals surface area contributed by atoms with E-state index in [4.69, 9.17) is 9.47 Å². The zero-order chi connectivity index (χ0) is 27.1. The molecule has 2 aliphatic rings. The van der Waals surface area contributed by atoms with Gasteiger partial charge in [-0.15, -0.1) is 0 Å². The number of anilines is 2. The van der Waals surface area contributed by atoms with Gasteiger partial charge >= 0.3 is 6.18 Å². The second kappa shape index (κ2) is 12.7. The van der Waals surface area contributed by atoms with E-state index in [0.29, 0.717) is 50.7 Å². The summed E-state index contributed by atoms with van der Waals surface area (Å²) in [6, 6.07) is 11.2. The molecular weight excluding hydrogens is 502 g/mol. The van der Waals surface area contributed by atoms with Crippen LogP contribution in [-0.4, -0.2) is 70.0 Å². The lowest BCUT2D eigenvalue weighted by molar-refractivity contribution is -0.153. The van der Waals surface area contributed by atoms with E-state index in [-0.39, 0.29) is 17.6 Å². The van der Waals surface area contributed by atoms with Crippen molar-refractivity contribution in [2.75, 3.05) is 62.8 Å². The number of amides is 1. The van der Waals surface area contributed by atoms with Crippen molar-refractivity contribution in [2.24, 2.45) is 5.92 Å². The van der Waals surface area contributed by atoms with Crippen LogP contribution in [0.25, 0.3) is 0 Å². The number of hydrogen-bond acceptors (Lipinski definition) is 5. The Morgan fingerprint density at radius 2 is 1.71 bits per heavy atom. The monoisotopic (exact) mass is 537 g/mol. The van der Waals surface area contributed by atoms with Gasteiger partial charge in [0.05, 0.1) is 18.5 Å². The number of hydrogen-bond donors (Lipinski definition) is 0. The van der Waals surface area contributed by atoms with Crippen LogP contribution >= 0.6 is 0 Å². The molecule has 6 nitrogen and oxygen atoms in total. The molecular formula is C28H35F4N3O3. The molecule has 4 rings (SSSR count). The molecule has 0 unspecified atom stereocenters. The first-order valence-electron chi connectivity index (χ1n) is 13.2. The lowest BCUT2D eigenvalue weighted by Crippen LogP contribution is -2.49. The highest BCUT2D eigenvalue weighted by molar-refractivity contribution is 5.96. The maximum absolute atomic E-state index is 13.7. The molecule has 2 fully saturated rings. The summed E-state index contributed by atoms with van der Waals surface area (Å²) >= 11 is 0. The normalized spacial score (nSPS) is 17.3. The number of rotatable bonds is 9. The van der Waals surface area contributed by atoms with Gasteiger partial charge in [-0.2, -0.15) is 13.2 Å². The first-order valence-corrected chi connectivity index (χ1v) is 13.2. The predicted octanol–water partition coefficient (Wildman–Crippen LogP) is 5.51. The molecule has 1 saturated heterocycles. The standard InChI is InChI=1S/C28H35F4N3O3/c1-37-25-10-6-5-9-24(25)35(27(36)21-7-3-2-4-8-21)18-15-33-13-16-34(17-14-33)23-12-11-22(29)19-26(23)38-20-28(30,31)32/h5-6,9-12,19,21H,2-4,7-8,13-18,20H2,1H3. The van der Waals surface area contributed by atoms with Crippen LogP contribution in [-0.2, 0) is 4.79 Å². The van der Waals surface area contributed by atoms with Crippen molar-refractivity contribution in [3.8, 4) is 11.5 Å². The van der Waals surface area contributed by atoms with Gasteiger partial charge in [-0.05, 0) is 37.1 Å². The van der Waals surface area contributed by atoms with Gasteiger partial charge in [0, 0.05) is 51.3 Å². The average molecular weight is 538 g/mol. The quantitative estimate of drug-likeness (QED) is 0.395. The molecule has 0 atom stereocenters. The third-order valence-electron chi connectivity index (χ3n) is 7.26. The second-order valence-electron chi connectivity index (χ2n) is 9.84. The molecule has 1 amide bonds. The summed E-state index contributed by atoms with van der Waals surface area (Å²) in [5.74, 6) is 0.0358. The summed E-state index contributed by atoms with van der Waals surface area (Å²) in [4.78, 5) is 19.6. The summed E-state index contributed by atoms with van der Waals surface area (Å²) in [5, 5.41) is 0. The number of carbonyl (C=O) groups is 1. The molecule has 1 heterocycles. The maximum Gasteiger partial charge on any atom is 0.422 e. The van der Waals surface area contributed by atoms with Crippen LogP contribution in [0.15, 0.2) is 42.5 Å². The minimum Gasteiger partial charge on any atom is -0.495 e. The van der Waals surface area contributed by atoms with Gasteiger partial charge in [-0.3, -0.25) is 9.69 Å². The highest BCUT2D eigenvalue weighted by Gasteiger charge is 2.31. The Morgan fingerprint density at radius 1 is 1.00 bits per heavy atom. The van der Waals surface area contributed by atoms with Crippen molar-refractivity contribution in [3.63, 3.8) is 0 Å². The molecule has 2 aromatic carbocycles. The Labute approximate surface area is 221 Å². The Bertz CT molecular complexity index is 1070. The van der Waals surface area contributed by atoms with Gasteiger partial charge in [0.25, 0.3) is 0 Å². The molecule has 0 spiro atoms. The molecule has 0 aromatic heterocycles. The maximum atomic E-state index is 13.7. The van der Waals surface area contributed by atoms with Crippen molar-refractivity contribution < 1.29 is 31.8 Å². The molecule has 0 radical (unpaired) electrons. The third-order valence-corrected chi connectivity index (χ3v) is 7.26. The van der Waals surface area contributed by atoms with E-state index in [9.17, 15) is 22.4 Å². The van der Waals surface area contributed by atoms with Gasteiger partial charge in [0.1, 0.15) is 17.3 Å². The Morgan fingerprint density at radius 3 is 2.39 bits per heavy atom. The predicted molar refractivity (Wildman–Crippen MR) is 139 cm³/mol. The first-order chi connectivity index (χ1) is 18.2. The van der Waals surface area contributed by atoms with Gasteiger partial charge < -0.3 is 19.3 Å². The fraction of sp³-hybridized carbons (Fsp3) is 0.536. The molecule has 1 saturated carbocycles. The number of para-hydroxylation sites is 2. The van der Waals surface area contributed by atoms with Crippen molar-refractivity contribution >= 4 is 17.3 Å². The number of benzene rings is 2. The van der Waals surface area contributed by atoms with Crippen molar-refractivity contribution in [2.45, 2.75) is 38.3 Å². The van der Waals surface area contributed by atoms with Gasteiger partial charge in [0.2, 0.25) is 5.91 Å². The van der Waals surface area contributed by atoms with E-state index in [0.717, 1.165) is 37.4 Å². The van der Waals surface area contributed by atoms with Gasteiger partial charge in [-0.1, -0.05) is 31.4 Å². The summed E-state index contributed by atoms with van der Waals surface area (Å²) in [5.41, 5.74) is 1.21. The third kappa shape index (κ3) is 7.30. The molecule has 2 aromatic rings. The number of ether oxygens (including phenoxy) is 2. The SMILES string of the molecule is COc1ccccc1N(CCN1CCN(c2ccc(F)cc2OCC(F)(F)F)CC1)C(=O)C1CCCCC1. The summed E-state index contributed by atoms with van der Waals surface area (Å²) in [6.07, 6.45) is 0.593. The van der Waals surface area contributed by atoms with Crippen LogP contribution in [0.2, 0.25) is 0 Å². The highest BCUT2D eigenvalue weighted by atomic mass is 19.4. The van der Waals surface area contributed by atoms with E-state index in [2.05, 4.69) is 4.90 Å². The largest absolute Gasteiger partial charge is 0.495 e. The van der Waals surface area contributed by atoms with Gasteiger partial charge in [-0.25, -0.2) is 4.39 Å². The average Bonchev–Trinajstić information content (AvgIpc) is 2.93. The van der Waals surface area contributed by atoms with E-state index >= 15 is 0 Å². The molecule has 1 aliphatic carbocycles. The number of halogens is 4. The molecule has 0 N–H and O–H groups in total. The zero-order valence-electron chi connectivity index (χ0n) is 21.7. The molecule has 10 heteroatoms. The fourth-order valence-corrected chi connectivity index (χ4v) is 5.25. The minimum atomic E-state index is -4.51. The van der Waals surface area contributed by atoms with E-state index in [1.165, 1.54) is 18.6 Å². The highest BCUT2D eigenvalue weighted by Crippen LogP contribution is 2.34. The number of nitrogens with zero attached hydrogens (tertiary/aromatic N) is 3. The number of alkyl halides is 3. The first kappa shape index (κ1) is 28.0.